The van der Waals surface area contributed by atoms with Crippen LogP contribution in [-0.4, -0.2) is 56.9 Å². The van der Waals surface area contributed by atoms with Crippen LogP contribution in [0.2, 0.25) is 0 Å². The average molecular weight is 293 g/mol. The molecule has 1 unspecified atom stereocenters. The molecule has 0 spiro atoms. The summed E-state index contributed by atoms with van der Waals surface area (Å²) in [6, 6.07) is 6.37. The smallest absolute Gasteiger partial charge is 0.231 e. The molecule has 2 N–H and O–H groups in total. The first-order valence-electron chi connectivity index (χ1n) is 7.64. The van der Waals surface area contributed by atoms with Crippen LogP contribution in [0.4, 0.5) is 0 Å². The van der Waals surface area contributed by atoms with E-state index in [-0.39, 0.29) is 6.04 Å². The van der Waals surface area contributed by atoms with Crippen molar-refractivity contribution in [1.82, 2.24) is 9.80 Å². The maximum atomic E-state index is 6.03. The van der Waals surface area contributed by atoms with E-state index in [1.54, 1.807) is 0 Å². The zero-order valence-electron chi connectivity index (χ0n) is 13.3. The number of nitrogens with zero attached hydrogens (tertiary/aromatic N) is 2. The second-order valence-electron chi connectivity index (χ2n) is 5.65. The van der Waals surface area contributed by atoms with Crippen LogP contribution in [0.1, 0.15) is 24.9 Å². The van der Waals surface area contributed by atoms with Crippen LogP contribution in [0, 0.1) is 0 Å². The molecule has 1 aliphatic rings. The molecule has 1 atom stereocenters. The molecule has 0 aliphatic carbocycles. The molecule has 0 saturated heterocycles. The lowest BCUT2D eigenvalue weighted by molar-refractivity contribution is 0.173. The highest BCUT2D eigenvalue weighted by atomic mass is 16.7. The minimum atomic E-state index is 0.228. The fourth-order valence-electron chi connectivity index (χ4n) is 2.74. The van der Waals surface area contributed by atoms with Crippen LogP contribution in [0.15, 0.2) is 18.2 Å². The van der Waals surface area contributed by atoms with E-state index in [0.717, 1.165) is 37.6 Å². The third-order valence-electron chi connectivity index (χ3n) is 3.90. The Morgan fingerprint density at radius 3 is 2.62 bits per heavy atom. The molecule has 0 radical (unpaired) electrons. The molecule has 118 valence electrons. The molecule has 0 bridgehead atoms. The van der Waals surface area contributed by atoms with Crippen molar-refractivity contribution in [3.63, 3.8) is 0 Å². The van der Waals surface area contributed by atoms with Crippen LogP contribution in [-0.2, 0) is 0 Å². The Morgan fingerprint density at radius 1 is 1.19 bits per heavy atom. The van der Waals surface area contributed by atoms with Crippen molar-refractivity contribution >= 4 is 0 Å². The number of benzene rings is 1. The summed E-state index contributed by atoms with van der Waals surface area (Å²) in [6.07, 6.45) is 1.14. The van der Waals surface area contributed by atoms with Gasteiger partial charge in [-0.2, -0.15) is 0 Å². The summed E-state index contributed by atoms with van der Waals surface area (Å²) in [5.74, 6) is 1.65. The summed E-state index contributed by atoms with van der Waals surface area (Å²) < 4.78 is 10.8. The Labute approximate surface area is 127 Å². The summed E-state index contributed by atoms with van der Waals surface area (Å²) in [5.41, 5.74) is 7.24. The van der Waals surface area contributed by atoms with Crippen LogP contribution in [0.25, 0.3) is 0 Å². The van der Waals surface area contributed by atoms with E-state index >= 15 is 0 Å². The van der Waals surface area contributed by atoms with E-state index in [0.29, 0.717) is 13.3 Å². The lowest BCUT2D eigenvalue weighted by Gasteiger charge is -2.30. The highest BCUT2D eigenvalue weighted by Gasteiger charge is 2.21. The van der Waals surface area contributed by atoms with Gasteiger partial charge in [0.25, 0.3) is 0 Å². The van der Waals surface area contributed by atoms with Crippen molar-refractivity contribution in [3.8, 4) is 11.5 Å². The van der Waals surface area contributed by atoms with Gasteiger partial charge in [0.15, 0.2) is 11.5 Å². The van der Waals surface area contributed by atoms with Crippen molar-refractivity contribution in [2.75, 3.05) is 47.1 Å². The van der Waals surface area contributed by atoms with Gasteiger partial charge in [-0.15, -0.1) is 0 Å². The summed E-state index contributed by atoms with van der Waals surface area (Å²) in [4.78, 5) is 4.65. The van der Waals surface area contributed by atoms with Crippen molar-refractivity contribution in [1.29, 1.82) is 0 Å². The maximum Gasteiger partial charge on any atom is 0.231 e. The molecule has 0 saturated carbocycles. The molecule has 0 fully saturated rings. The Hall–Kier alpha value is -1.30. The Bertz CT molecular complexity index is 451. The van der Waals surface area contributed by atoms with Crippen LogP contribution in [0.5, 0.6) is 11.5 Å². The van der Waals surface area contributed by atoms with Crippen LogP contribution < -0.4 is 15.2 Å². The molecule has 0 aromatic heterocycles. The first kappa shape index (κ1) is 16.1. The van der Waals surface area contributed by atoms with Gasteiger partial charge in [0, 0.05) is 19.1 Å². The van der Waals surface area contributed by atoms with E-state index < -0.39 is 0 Å². The zero-order chi connectivity index (χ0) is 15.2. The molecule has 1 aliphatic heterocycles. The molecular formula is C16H27N3O2. The molecule has 5 heteroatoms. The molecule has 0 amide bonds. The van der Waals surface area contributed by atoms with Crippen LogP contribution in [0.3, 0.4) is 0 Å². The lowest BCUT2D eigenvalue weighted by atomic mass is 10.0. The molecule has 1 heterocycles. The van der Waals surface area contributed by atoms with Gasteiger partial charge in [0.2, 0.25) is 6.79 Å². The first-order valence-corrected chi connectivity index (χ1v) is 7.64. The molecule has 1 aromatic carbocycles. The lowest BCUT2D eigenvalue weighted by Crippen LogP contribution is -2.35. The average Bonchev–Trinajstić information content (AvgIpc) is 2.93. The number of hydrogen-bond acceptors (Lipinski definition) is 5. The molecule has 2 rings (SSSR count). The Kier molecular flexibility index (Phi) is 5.85. The number of rotatable bonds is 8. The molecule has 21 heavy (non-hydrogen) atoms. The largest absolute Gasteiger partial charge is 0.454 e. The second-order valence-corrected chi connectivity index (χ2v) is 5.65. The predicted octanol–water partition coefficient (Wildman–Crippen LogP) is 1.69. The zero-order valence-corrected chi connectivity index (χ0v) is 13.3. The van der Waals surface area contributed by atoms with E-state index in [2.05, 4.69) is 43.0 Å². The van der Waals surface area contributed by atoms with Gasteiger partial charge >= 0.3 is 0 Å². The fraction of sp³-hybridized carbons (Fsp3) is 0.625. The number of ether oxygens (including phenoxy) is 2. The standard InChI is InChI=1S/C16H27N3O2/c1-4-19(9-5-8-18(2)3)14(11-17)13-6-7-15-16(10-13)21-12-20-15/h6-7,10,14H,4-5,8-9,11-12,17H2,1-3H3. The van der Waals surface area contributed by atoms with Crippen LogP contribution >= 0.6 is 0 Å². The first-order chi connectivity index (χ1) is 10.2. The summed E-state index contributed by atoms with van der Waals surface area (Å²) in [6.45, 7) is 6.23. The van der Waals surface area contributed by atoms with Gasteiger partial charge in [0.1, 0.15) is 0 Å². The fourth-order valence-corrected chi connectivity index (χ4v) is 2.74. The highest BCUT2D eigenvalue weighted by Crippen LogP contribution is 2.35. The maximum absolute atomic E-state index is 6.03. The predicted molar refractivity (Wildman–Crippen MR) is 84.8 cm³/mol. The van der Waals surface area contributed by atoms with Gasteiger partial charge in [-0.3, -0.25) is 4.90 Å². The van der Waals surface area contributed by atoms with Crippen molar-refractivity contribution in [2.45, 2.75) is 19.4 Å². The summed E-state index contributed by atoms with van der Waals surface area (Å²) in [5, 5.41) is 0. The van der Waals surface area contributed by atoms with Gasteiger partial charge in [-0.1, -0.05) is 13.0 Å². The molecular weight excluding hydrogens is 266 g/mol. The van der Waals surface area contributed by atoms with Crippen molar-refractivity contribution < 1.29 is 9.47 Å². The second kappa shape index (κ2) is 7.64. The number of nitrogens with two attached hydrogens (primary N) is 1. The normalized spacial score (nSPS) is 15.0. The SMILES string of the molecule is CCN(CCCN(C)C)C(CN)c1ccc2c(c1)OCO2. The summed E-state index contributed by atoms with van der Waals surface area (Å²) >= 11 is 0. The van der Waals surface area contributed by atoms with E-state index in [1.807, 2.05) is 6.07 Å². The number of hydrogen-bond donors (Lipinski definition) is 1. The number of likely N-dealkylation sites (N-methyl/N-ethyl adjacent to an activating group) is 1. The Balaban J connectivity index is 2.05. The monoisotopic (exact) mass is 293 g/mol. The van der Waals surface area contributed by atoms with E-state index in [9.17, 15) is 0 Å². The van der Waals surface area contributed by atoms with Crippen molar-refractivity contribution in [2.24, 2.45) is 5.73 Å². The minimum absolute atomic E-state index is 0.228. The third-order valence-corrected chi connectivity index (χ3v) is 3.90. The highest BCUT2D eigenvalue weighted by molar-refractivity contribution is 5.45. The minimum Gasteiger partial charge on any atom is -0.454 e. The topological polar surface area (TPSA) is 51.0 Å². The molecule has 1 aromatic rings. The van der Waals surface area contributed by atoms with E-state index in [1.165, 1.54) is 5.56 Å². The van der Waals surface area contributed by atoms with Crippen molar-refractivity contribution in [3.05, 3.63) is 23.8 Å². The summed E-state index contributed by atoms with van der Waals surface area (Å²) in [7, 11) is 4.21. The Morgan fingerprint density at radius 2 is 1.95 bits per heavy atom. The van der Waals surface area contributed by atoms with Gasteiger partial charge in [0.05, 0.1) is 0 Å². The number of fused-ring (bicyclic) bond motifs is 1. The van der Waals surface area contributed by atoms with E-state index in [4.69, 9.17) is 15.2 Å². The third kappa shape index (κ3) is 4.09. The quantitative estimate of drug-likeness (QED) is 0.790. The molecule has 5 nitrogen and oxygen atoms in total. The van der Waals surface area contributed by atoms with Gasteiger partial charge in [-0.05, 0) is 51.3 Å². The van der Waals surface area contributed by atoms with Gasteiger partial charge < -0.3 is 20.1 Å². The van der Waals surface area contributed by atoms with Gasteiger partial charge in [-0.25, -0.2) is 0 Å².